The molecule has 1 aliphatic rings. The van der Waals surface area contributed by atoms with Gasteiger partial charge in [-0.1, -0.05) is 12.8 Å². The standard InChI is InChI=1S/C10H16N4O/c1-12-10(15)8-6-9(11)14(13-8)7-4-2-3-5-7/h6-7H,2-5,11H2,1H3,(H,12,15). The van der Waals surface area contributed by atoms with Crippen LogP contribution in [0.1, 0.15) is 42.2 Å². The molecule has 3 N–H and O–H groups in total. The Labute approximate surface area is 88.6 Å². The van der Waals surface area contributed by atoms with Crippen molar-refractivity contribution in [3.63, 3.8) is 0 Å². The van der Waals surface area contributed by atoms with Crippen molar-refractivity contribution in [1.82, 2.24) is 15.1 Å². The van der Waals surface area contributed by atoms with Crippen molar-refractivity contribution < 1.29 is 4.79 Å². The summed E-state index contributed by atoms with van der Waals surface area (Å²) in [7, 11) is 1.59. The predicted octanol–water partition coefficient (Wildman–Crippen LogP) is 0.940. The van der Waals surface area contributed by atoms with Crippen molar-refractivity contribution in [2.24, 2.45) is 0 Å². The van der Waals surface area contributed by atoms with Crippen LogP contribution in [0.2, 0.25) is 0 Å². The van der Waals surface area contributed by atoms with E-state index in [4.69, 9.17) is 5.73 Å². The number of aromatic nitrogens is 2. The molecule has 0 aromatic carbocycles. The van der Waals surface area contributed by atoms with Gasteiger partial charge in [0, 0.05) is 13.1 Å². The maximum Gasteiger partial charge on any atom is 0.271 e. The van der Waals surface area contributed by atoms with E-state index in [2.05, 4.69) is 10.4 Å². The van der Waals surface area contributed by atoms with Crippen LogP contribution in [0.5, 0.6) is 0 Å². The molecule has 82 valence electrons. The summed E-state index contributed by atoms with van der Waals surface area (Å²) in [5, 5.41) is 6.78. The Hall–Kier alpha value is -1.52. The van der Waals surface area contributed by atoms with Gasteiger partial charge in [0.1, 0.15) is 5.82 Å². The van der Waals surface area contributed by atoms with Crippen LogP contribution in [-0.4, -0.2) is 22.7 Å². The zero-order valence-electron chi connectivity index (χ0n) is 8.86. The van der Waals surface area contributed by atoms with Crippen LogP contribution in [0.3, 0.4) is 0 Å². The van der Waals surface area contributed by atoms with Crippen LogP contribution >= 0.6 is 0 Å². The number of hydrogen-bond acceptors (Lipinski definition) is 3. The first-order valence-corrected chi connectivity index (χ1v) is 5.29. The molecule has 5 heteroatoms. The minimum atomic E-state index is -0.182. The molecule has 0 bridgehead atoms. The molecular weight excluding hydrogens is 192 g/mol. The van der Waals surface area contributed by atoms with Crippen molar-refractivity contribution in [2.45, 2.75) is 31.7 Å². The molecule has 0 saturated heterocycles. The lowest BCUT2D eigenvalue weighted by atomic mass is 10.2. The van der Waals surface area contributed by atoms with Gasteiger partial charge in [-0.2, -0.15) is 5.10 Å². The maximum atomic E-state index is 11.4. The summed E-state index contributed by atoms with van der Waals surface area (Å²) in [6.45, 7) is 0. The van der Waals surface area contributed by atoms with E-state index < -0.39 is 0 Å². The lowest BCUT2D eigenvalue weighted by Crippen LogP contribution is -2.19. The smallest absolute Gasteiger partial charge is 0.271 e. The van der Waals surface area contributed by atoms with E-state index in [1.54, 1.807) is 17.8 Å². The summed E-state index contributed by atoms with van der Waals surface area (Å²) < 4.78 is 1.79. The predicted molar refractivity (Wildman–Crippen MR) is 57.5 cm³/mol. The lowest BCUT2D eigenvalue weighted by molar-refractivity contribution is 0.0957. The van der Waals surface area contributed by atoms with E-state index in [9.17, 15) is 4.79 Å². The zero-order valence-corrected chi connectivity index (χ0v) is 8.86. The number of carbonyl (C=O) groups excluding carboxylic acids is 1. The second-order valence-corrected chi connectivity index (χ2v) is 3.92. The summed E-state index contributed by atoms with van der Waals surface area (Å²) in [6.07, 6.45) is 4.66. The first-order chi connectivity index (χ1) is 7.22. The van der Waals surface area contributed by atoms with Crippen LogP contribution in [0.25, 0.3) is 0 Å². The number of anilines is 1. The summed E-state index contributed by atoms with van der Waals surface area (Å²) >= 11 is 0. The van der Waals surface area contributed by atoms with Gasteiger partial charge in [-0.15, -0.1) is 0 Å². The molecule has 0 aliphatic heterocycles. The fourth-order valence-corrected chi connectivity index (χ4v) is 2.09. The van der Waals surface area contributed by atoms with E-state index in [1.807, 2.05) is 0 Å². The van der Waals surface area contributed by atoms with Crippen LogP contribution in [0.15, 0.2) is 6.07 Å². The topological polar surface area (TPSA) is 72.9 Å². The number of nitrogens with one attached hydrogen (secondary N) is 1. The highest BCUT2D eigenvalue weighted by Gasteiger charge is 2.21. The van der Waals surface area contributed by atoms with Gasteiger partial charge in [0.25, 0.3) is 5.91 Å². The Morgan fingerprint density at radius 1 is 1.60 bits per heavy atom. The third-order valence-electron chi connectivity index (χ3n) is 2.89. The van der Waals surface area contributed by atoms with Gasteiger partial charge in [-0.25, -0.2) is 4.68 Å². The third kappa shape index (κ3) is 1.82. The average Bonchev–Trinajstić information content (AvgIpc) is 2.84. The Kier molecular flexibility index (Phi) is 2.62. The van der Waals surface area contributed by atoms with E-state index in [0.717, 1.165) is 12.8 Å². The number of nitrogen functional groups attached to an aromatic ring is 1. The molecule has 1 saturated carbocycles. The lowest BCUT2D eigenvalue weighted by Gasteiger charge is -2.10. The van der Waals surface area contributed by atoms with Crippen molar-refractivity contribution in [1.29, 1.82) is 0 Å². The summed E-state index contributed by atoms with van der Waals surface area (Å²) in [5.41, 5.74) is 6.24. The van der Waals surface area contributed by atoms with Crippen molar-refractivity contribution in [2.75, 3.05) is 12.8 Å². The molecule has 1 aromatic heterocycles. The molecule has 0 spiro atoms. The summed E-state index contributed by atoms with van der Waals surface area (Å²) in [4.78, 5) is 11.4. The minimum absolute atomic E-state index is 0.182. The highest BCUT2D eigenvalue weighted by atomic mass is 16.1. The van der Waals surface area contributed by atoms with Crippen molar-refractivity contribution >= 4 is 11.7 Å². The summed E-state index contributed by atoms with van der Waals surface area (Å²) in [6, 6.07) is 2.01. The van der Waals surface area contributed by atoms with Crippen LogP contribution in [0.4, 0.5) is 5.82 Å². The van der Waals surface area contributed by atoms with Crippen LogP contribution < -0.4 is 11.1 Å². The SMILES string of the molecule is CNC(=O)c1cc(N)n(C2CCCC2)n1. The molecule has 2 rings (SSSR count). The van der Waals surface area contributed by atoms with Gasteiger partial charge in [0.2, 0.25) is 0 Å². The van der Waals surface area contributed by atoms with Gasteiger partial charge < -0.3 is 11.1 Å². The van der Waals surface area contributed by atoms with E-state index in [-0.39, 0.29) is 5.91 Å². The number of hydrogen-bond donors (Lipinski definition) is 2. The van der Waals surface area contributed by atoms with E-state index >= 15 is 0 Å². The first-order valence-electron chi connectivity index (χ1n) is 5.29. The van der Waals surface area contributed by atoms with E-state index in [1.165, 1.54) is 12.8 Å². The average molecular weight is 208 g/mol. The maximum absolute atomic E-state index is 11.4. The monoisotopic (exact) mass is 208 g/mol. The molecule has 1 heterocycles. The molecule has 15 heavy (non-hydrogen) atoms. The quantitative estimate of drug-likeness (QED) is 0.759. The first kappa shape index (κ1) is 10.0. The highest BCUT2D eigenvalue weighted by Crippen LogP contribution is 2.30. The Morgan fingerprint density at radius 2 is 2.27 bits per heavy atom. The van der Waals surface area contributed by atoms with Gasteiger partial charge in [-0.3, -0.25) is 4.79 Å². The van der Waals surface area contributed by atoms with Crippen molar-refractivity contribution in [3.8, 4) is 0 Å². The van der Waals surface area contributed by atoms with E-state index in [0.29, 0.717) is 17.6 Å². The van der Waals surface area contributed by atoms with Gasteiger partial charge in [0.05, 0.1) is 6.04 Å². The number of rotatable bonds is 2. The second-order valence-electron chi connectivity index (χ2n) is 3.92. The third-order valence-corrected chi connectivity index (χ3v) is 2.89. The molecule has 1 aromatic rings. The highest BCUT2D eigenvalue weighted by molar-refractivity contribution is 5.92. The Bertz CT molecular complexity index is 365. The molecule has 1 aliphatic carbocycles. The molecule has 0 unspecified atom stereocenters. The normalized spacial score (nSPS) is 16.9. The fourth-order valence-electron chi connectivity index (χ4n) is 2.09. The Morgan fingerprint density at radius 3 is 2.87 bits per heavy atom. The number of amides is 1. The van der Waals surface area contributed by atoms with Gasteiger partial charge in [0.15, 0.2) is 5.69 Å². The second kappa shape index (κ2) is 3.92. The minimum Gasteiger partial charge on any atom is -0.384 e. The molecule has 1 fully saturated rings. The molecular formula is C10H16N4O. The molecule has 1 amide bonds. The number of nitrogens with two attached hydrogens (primary N) is 1. The Balaban J connectivity index is 2.24. The largest absolute Gasteiger partial charge is 0.384 e. The summed E-state index contributed by atoms with van der Waals surface area (Å²) in [5.74, 6) is 0.402. The van der Waals surface area contributed by atoms with Crippen molar-refractivity contribution in [3.05, 3.63) is 11.8 Å². The van der Waals surface area contributed by atoms with Gasteiger partial charge >= 0.3 is 0 Å². The molecule has 5 nitrogen and oxygen atoms in total. The van der Waals surface area contributed by atoms with Gasteiger partial charge in [-0.05, 0) is 12.8 Å². The molecule has 0 atom stereocenters. The number of nitrogens with zero attached hydrogens (tertiary/aromatic N) is 2. The van der Waals surface area contributed by atoms with Crippen LogP contribution in [-0.2, 0) is 0 Å². The molecule has 0 radical (unpaired) electrons. The zero-order chi connectivity index (χ0) is 10.8. The number of carbonyl (C=O) groups is 1. The van der Waals surface area contributed by atoms with Crippen LogP contribution in [0, 0.1) is 0 Å². The fraction of sp³-hybridized carbons (Fsp3) is 0.600.